The molecule has 0 aliphatic rings. The number of nitrogens with one attached hydrogen (secondary N) is 1. The summed E-state index contributed by atoms with van der Waals surface area (Å²) in [6.07, 6.45) is 0. The number of aromatic nitrogens is 2. The SMILES string of the molecule is Nc1n[nH]c(-c2ccc(Cl)cc2F)c1-c1cccs1. The molecule has 0 aliphatic heterocycles. The maximum atomic E-state index is 14.0. The Balaban J connectivity index is 2.21. The Bertz CT molecular complexity index is 722. The average Bonchev–Trinajstić information content (AvgIpc) is 2.98. The molecule has 0 unspecified atom stereocenters. The number of anilines is 1. The van der Waals surface area contributed by atoms with Gasteiger partial charge in [0, 0.05) is 15.5 Å². The monoisotopic (exact) mass is 293 g/mol. The smallest absolute Gasteiger partial charge is 0.154 e. The number of nitrogen functional groups attached to an aromatic ring is 1. The van der Waals surface area contributed by atoms with Gasteiger partial charge in [-0.2, -0.15) is 5.10 Å². The molecule has 0 aliphatic carbocycles. The number of nitrogens with two attached hydrogens (primary N) is 1. The van der Waals surface area contributed by atoms with E-state index in [0.717, 1.165) is 10.4 Å². The number of benzene rings is 1. The summed E-state index contributed by atoms with van der Waals surface area (Å²) < 4.78 is 14.0. The summed E-state index contributed by atoms with van der Waals surface area (Å²) in [4.78, 5) is 0.940. The van der Waals surface area contributed by atoms with Gasteiger partial charge in [-0.25, -0.2) is 4.39 Å². The number of aromatic amines is 1. The van der Waals surface area contributed by atoms with Crippen LogP contribution in [0, 0.1) is 5.82 Å². The molecular formula is C13H9ClFN3S. The zero-order valence-electron chi connectivity index (χ0n) is 9.65. The molecule has 19 heavy (non-hydrogen) atoms. The molecule has 3 aromatic rings. The maximum Gasteiger partial charge on any atom is 0.154 e. The molecule has 0 saturated carbocycles. The van der Waals surface area contributed by atoms with E-state index in [4.69, 9.17) is 17.3 Å². The molecule has 2 heterocycles. The van der Waals surface area contributed by atoms with Crippen LogP contribution in [0.25, 0.3) is 21.7 Å². The molecule has 3 N–H and O–H groups in total. The molecule has 1 aromatic carbocycles. The zero-order valence-corrected chi connectivity index (χ0v) is 11.2. The highest BCUT2D eigenvalue weighted by molar-refractivity contribution is 7.13. The maximum absolute atomic E-state index is 14.0. The van der Waals surface area contributed by atoms with Crippen molar-refractivity contribution in [3.63, 3.8) is 0 Å². The first-order chi connectivity index (χ1) is 9.16. The molecule has 3 rings (SSSR count). The molecule has 6 heteroatoms. The van der Waals surface area contributed by atoms with E-state index in [1.165, 1.54) is 17.4 Å². The van der Waals surface area contributed by atoms with Crippen LogP contribution in [-0.4, -0.2) is 10.2 Å². The Morgan fingerprint density at radius 1 is 1.32 bits per heavy atom. The highest BCUT2D eigenvalue weighted by Crippen LogP contribution is 2.38. The van der Waals surface area contributed by atoms with Crippen molar-refractivity contribution in [1.29, 1.82) is 0 Å². The summed E-state index contributed by atoms with van der Waals surface area (Å²) in [6, 6.07) is 8.35. The van der Waals surface area contributed by atoms with E-state index in [1.807, 2.05) is 17.5 Å². The molecule has 0 amide bonds. The van der Waals surface area contributed by atoms with E-state index < -0.39 is 5.82 Å². The standard InChI is InChI=1S/C13H9ClFN3S/c14-7-3-4-8(9(15)6-7)12-11(13(16)18-17-12)10-2-1-5-19-10/h1-6H,(H3,16,17,18). The number of H-pyrrole nitrogens is 1. The van der Waals surface area contributed by atoms with Gasteiger partial charge in [-0.15, -0.1) is 11.3 Å². The number of halogens is 2. The number of hydrogen-bond donors (Lipinski definition) is 2. The van der Waals surface area contributed by atoms with E-state index >= 15 is 0 Å². The van der Waals surface area contributed by atoms with Crippen LogP contribution in [0.15, 0.2) is 35.7 Å². The zero-order chi connectivity index (χ0) is 13.4. The molecule has 2 aromatic heterocycles. The van der Waals surface area contributed by atoms with E-state index in [-0.39, 0.29) is 0 Å². The minimum atomic E-state index is -0.408. The Hall–Kier alpha value is -1.85. The lowest BCUT2D eigenvalue weighted by atomic mass is 10.1. The van der Waals surface area contributed by atoms with Crippen LogP contribution >= 0.6 is 22.9 Å². The van der Waals surface area contributed by atoms with Gasteiger partial charge in [0.15, 0.2) is 5.82 Å². The van der Waals surface area contributed by atoms with Crippen molar-refractivity contribution in [2.75, 3.05) is 5.73 Å². The molecule has 0 saturated heterocycles. The van der Waals surface area contributed by atoms with Crippen molar-refractivity contribution in [3.05, 3.63) is 46.6 Å². The van der Waals surface area contributed by atoms with Crippen molar-refractivity contribution >= 4 is 28.8 Å². The second-order valence-electron chi connectivity index (χ2n) is 3.96. The van der Waals surface area contributed by atoms with E-state index in [1.54, 1.807) is 12.1 Å². The first kappa shape index (κ1) is 12.2. The van der Waals surface area contributed by atoms with Gasteiger partial charge in [0.25, 0.3) is 0 Å². The van der Waals surface area contributed by atoms with Gasteiger partial charge < -0.3 is 5.73 Å². The highest BCUT2D eigenvalue weighted by Gasteiger charge is 2.18. The predicted octanol–water partition coefficient (Wildman–Crippen LogP) is 4.18. The quantitative estimate of drug-likeness (QED) is 0.744. The number of rotatable bonds is 2. The Morgan fingerprint density at radius 3 is 2.84 bits per heavy atom. The number of thiophene rings is 1. The summed E-state index contributed by atoms with van der Waals surface area (Å²) in [5.74, 6) is -0.0549. The lowest BCUT2D eigenvalue weighted by molar-refractivity contribution is 0.631. The summed E-state index contributed by atoms with van der Waals surface area (Å²) in [7, 11) is 0. The fraction of sp³-hybridized carbons (Fsp3) is 0. The summed E-state index contributed by atoms with van der Waals surface area (Å²) in [6.45, 7) is 0. The largest absolute Gasteiger partial charge is 0.382 e. The van der Waals surface area contributed by atoms with Gasteiger partial charge in [-0.1, -0.05) is 17.7 Å². The number of nitrogens with zero attached hydrogens (tertiary/aromatic N) is 1. The van der Waals surface area contributed by atoms with Crippen molar-refractivity contribution in [1.82, 2.24) is 10.2 Å². The van der Waals surface area contributed by atoms with Crippen LogP contribution in [0.3, 0.4) is 0 Å². The number of hydrogen-bond acceptors (Lipinski definition) is 3. The topological polar surface area (TPSA) is 54.7 Å². The Morgan fingerprint density at radius 2 is 2.16 bits per heavy atom. The third-order valence-electron chi connectivity index (χ3n) is 2.76. The minimum absolute atomic E-state index is 0.353. The van der Waals surface area contributed by atoms with Gasteiger partial charge in [-0.3, -0.25) is 5.10 Å². The average molecular weight is 294 g/mol. The minimum Gasteiger partial charge on any atom is -0.382 e. The van der Waals surface area contributed by atoms with E-state index in [2.05, 4.69) is 10.2 Å². The summed E-state index contributed by atoms with van der Waals surface area (Å²) in [5.41, 5.74) is 7.55. The second kappa shape index (κ2) is 4.68. The molecule has 96 valence electrons. The van der Waals surface area contributed by atoms with E-state index in [9.17, 15) is 4.39 Å². The van der Waals surface area contributed by atoms with Crippen LogP contribution in [-0.2, 0) is 0 Å². The van der Waals surface area contributed by atoms with Crippen LogP contribution < -0.4 is 5.73 Å². The van der Waals surface area contributed by atoms with Crippen LogP contribution in [0.4, 0.5) is 10.2 Å². The van der Waals surface area contributed by atoms with Crippen LogP contribution in [0.1, 0.15) is 0 Å². The Labute approximate surface area is 117 Å². The summed E-state index contributed by atoms with van der Waals surface area (Å²) >= 11 is 7.28. The van der Waals surface area contributed by atoms with Crippen molar-refractivity contribution in [3.8, 4) is 21.7 Å². The molecule has 3 nitrogen and oxygen atoms in total. The van der Waals surface area contributed by atoms with E-state index in [0.29, 0.717) is 22.1 Å². The fourth-order valence-electron chi connectivity index (χ4n) is 1.91. The third-order valence-corrected chi connectivity index (χ3v) is 3.88. The molecule has 0 spiro atoms. The molecule has 0 radical (unpaired) electrons. The van der Waals surface area contributed by atoms with Crippen LogP contribution in [0.5, 0.6) is 0 Å². The van der Waals surface area contributed by atoms with Gasteiger partial charge in [0.1, 0.15) is 5.82 Å². The Kier molecular flexibility index (Phi) is 3.00. The molecule has 0 atom stereocenters. The van der Waals surface area contributed by atoms with Crippen molar-refractivity contribution < 1.29 is 4.39 Å². The molecule has 0 bridgehead atoms. The van der Waals surface area contributed by atoms with Crippen molar-refractivity contribution in [2.45, 2.75) is 0 Å². The third kappa shape index (κ3) is 2.11. The predicted molar refractivity (Wildman–Crippen MR) is 76.7 cm³/mol. The lowest BCUT2D eigenvalue weighted by Gasteiger charge is -2.04. The van der Waals surface area contributed by atoms with Gasteiger partial charge in [-0.05, 0) is 29.6 Å². The second-order valence-corrected chi connectivity index (χ2v) is 5.34. The fourth-order valence-corrected chi connectivity index (χ4v) is 2.86. The van der Waals surface area contributed by atoms with Crippen LogP contribution in [0.2, 0.25) is 5.02 Å². The first-order valence-corrected chi connectivity index (χ1v) is 6.75. The summed E-state index contributed by atoms with van der Waals surface area (Å²) in [5, 5.41) is 9.05. The van der Waals surface area contributed by atoms with Gasteiger partial charge >= 0.3 is 0 Å². The van der Waals surface area contributed by atoms with Crippen molar-refractivity contribution in [2.24, 2.45) is 0 Å². The first-order valence-electron chi connectivity index (χ1n) is 5.50. The normalized spacial score (nSPS) is 10.8. The molecule has 0 fully saturated rings. The van der Waals surface area contributed by atoms with Gasteiger partial charge in [0.2, 0.25) is 0 Å². The van der Waals surface area contributed by atoms with Gasteiger partial charge in [0.05, 0.1) is 11.3 Å². The highest BCUT2D eigenvalue weighted by atomic mass is 35.5. The lowest BCUT2D eigenvalue weighted by Crippen LogP contribution is -1.88. The molecular weight excluding hydrogens is 285 g/mol.